The van der Waals surface area contributed by atoms with Gasteiger partial charge in [-0.1, -0.05) is 23.5 Å². The molecule has 0 radical (unpaired) electrons. The first-order valence-corrected chi connectivity index (χ1v) is 8.76. The van der Waals surface area contributed by atoms with Crippen molar-refractivity contribution in [3.05, 3.63) is 35.7 Å². The SMILES string of the molecule is O=C(CCC(=O)Nc1nncs1)NCCCc1nc2ccccc2o1. The molecular formula is C16H17N5O3S. The van der Waals surface area contributed by atoms with Gasteiger partial charge in [0, 0.05) is 25.8 Å². The van der Waals surface area contributed by atoms with Crippen molar-refractivity contribution < 1.29 is 14.0 Å². The monoisotopic (exact) mass is 359 g/mol. The number of nitrogens with one attached hydrogen (secondary N) is 2. The highest BCUT2D eigenvalue weighted by Crippen LogP contribution is 2.15. The summed E-state index contributed by atoms with van der Waals surface area (Å²) < 4.78 is 5.62. The van der Waals surface area contributed by atoms with Gasteiger partial charge < -0.3 is 15.1 Å². The van der Waals surface area contributed by atoms with Crippen LogP contribution in [0, 0.1) is 0 Å². The summed E-state index contributed by atoms with van der Waals surface area (Å²) in [5.74, 6) is 0.246. The second kappa shape index (κ2) is 8.34. The minimum atomic E-state index is -0.252. The molecule has 2 N–H and O–H groups in total. The predicted octanol–water partition coefficient (Wildman–Crippen LogP) is 2.15. The fourth-order valence-corrected chi connectivity index (χ4v) is 2.68. The summed E-state index contributed by atoms with van der Waals surface area (Å²) in [6.45, 7) is 0.510. The Hall–Kier alpha value is -2.81. The van der Waals surface area contributed by atoms with Gasteiger partial charge in [-0.25, -0.2) is 4.98 Å². The number of aryl methyl sites for hydroxylation is 1. The van der Waals surface area contributed by atoms with Crippen molar-refractivity contribution in [2.75, 3.05) is 11.9 Å². The van der Waals surface area contributed by atoms with Crippen molar-refractivity contribution in [2.45, 2.75) is 25.7 Å². The van der Waals surface area contributed by atoms with Gasteiger partial charge in [-0.15, -0.1) is 10.2 Å². The molecule has 2 heterocycles. The Morgan fingerprint density at radius 3 is 2.80 bits per heavy atom. The number of anilines is 1. The molecular weight excluding hydrogens is 342 g/mol. The smallest absolute Gasteiger partial charge is 0.226 e. The maximum absolute atomic E-state index is 11.7. The molecule has 0 saturated heterocycles. The number of nitrogens with zero attached hydrogens (tertiary/aromatic N) is 3. The van der Waals surface area contributed by atoms with Crippen molar-refractivity contribution in [2.24, 2.45) is 0 Å². The van der Waals surface area contributed by atoms with Crippen molar-refractivity contribution in [1.82, 2.24) is 20.5 Å². The lowest BCUT2D eigenvalue weighted by Gasteiger charge is -2.04. The number of fused-ring (bicyclic) bond motifs is 1. The lowest BCUT2D eigenvalue weighted by atomic mass is 10.2. The van der Waals surface area contributed by atoms with Gasteiger partial charge in [0.2, 0.25) is 16.9 Å². The van der Waals surface area contributed by atoms with Gasteiger partial charge in [-0.3, -0.25) is 9.59 Å². The molecule has 2 amide bonds. The second-order valence-electron chi connectivity index (χ2n) is 5.32. The number of carbonyl (C=O) groups is 2. The summed E-state index contributed by atoms with van der Waals surface area (Å²) in [4.78, 5) is 27.8. The largest absolute Gasteiger partial charge is 0.441 e. The first-order valence-electron chi connectivity index (χ1n) is 7.88. The van der Waals surface area contributed by atoms with Crippen molar-refractivity contribution >= 4 is 39.4 Å². The van der Waals surface area contributed by atoms with E-state index in [-0.39, 0.29) is 24.7 Å². The van der Waals surface area contributed by atoms with Gasteiger partial charge in [0.15, 0.2) is 11.5 Å². The van der Waals surface area contributed by atoms with Gasteiger partial charge in [-0.2, -0.15) is 0 Å². The zero-order chi connectivity index (χ0) is 17.5. The molecule has 0 atom stereocenters. The predicted molar refractivity (Wildman–Crippen MR) is 93.1 cm³/mol. The third kappa shape index (κ3) is 5.08. The van der Waals surface area contributed by atoms with Gasteiger partial charge in [-0.05, 0) is 18.6 Å². The van der Waals surface area contributed by atoms with E-state index in [1.165, 1.54) is 16.8 Å². The first-order chi connectivity index (χ1) is 12.2. The molecule has 0 spiro atoms. The van der Waals surface area contributed by atoms with Crippen molar-refractivity contribution in [1.29, 1.82) is 0 Å². The Balaban J connectivity index is 1.31. The molecule has 130 valence electrons. The number of amides is 2. The van der Waals surface area contributed by atoms with Gasteiger partial charge >= 0.3 is 0 Å². The van der Waals surface area contributed by atoms with Crippen molar-refractivity contribution in [3.63, 3.8) is 0 Å². The Labute approximate surface area is 147 Å². The van der Waals surface area contributed by atoms with Crippen LogP contribution in [0.5, 0.6) is 0 Å². The average Bonchev–Trinajstić information content (AvgIpc) is 3.25. The zero-order valence-electron chi connectivity index (χ0n) is 13.4. The second-order valence-corrected chi connectivity index (χ2v) is 6.15. The summed E-state index contributed by atoms with van der Waals surface area (Å²) in [5.41, 5.74) is 3.13. The van der Waals surface area contributed by atoms with Crippen LogP contribution in [-0.2, 0) is 16.0 Å². The van der Waals surface area contributed by atoms with Crippen LogP contribution in [-0.4, -0.2) is 33.5 Å². The van der Waals surface area contributed by atoms with Gasteiger partial charge in [0.05, 0.1) is 0 Å². The molecule has 3 rings (SSSR count). The van der Waals surface area contributed by atoms with E-state index in [1.54, 1.807) is 0 Å². The molecule has 0 fully saturated rings. The highest BCUT2D eigenvalue weighted by molar-refractivity contribution is 7.13. The molecule has 3 aromatic rings. The normalized spacial score (nSPS) is 10.7. The Kier molecular flexibility index (Phi) is 5.68. The number of oxazole rings is 1. The maximum Gasteiger partial charge on any atom is 0.226 e. The first kappa shape index (κ1) is 17.0. The van der Waals surface area contributed by atoms with E-state index in [0.29, 0.717) is 24.0 Å². The van der Waals surface area contributed by atoms with Crippen LogP contribution in [0.15, 0.2) is 34.2 Å². The van der Waals surface area contributed by atoms with Crippen LogP contribution < -0.4 is 10.6 Å². The Bertz CT molecular complexity index is 813. The molecule has 0 aliphatic heterocycles. The van der Waals surface area contributed by atoms with E-state index in [4.69, 9.17) is 4.42 Å². The quantitative estimate of drug-likeness (QED) is 0.596. The van der Waals surface area contributed by atoms with Crippen LogP contribution in [0.25, 0.3) is 11.1 Å². The van der Waals surface area contributed by atoms with Gasteiger partial charge in [0.1, 0.15) is 11.0 Å². The van der Waals surface area contributed by atoms with Crippen LogP contribution in [0.1, 0.15) is 25.2 Å². The molecule has 0 aliphatic rings. The number of benzene rings is 1. The molecule has 0 unspecified atom stereocenters. The number of para-hydroxylation sites is 2. The lowest BCUT2D eigenvalue weighted by molar-refractivity contribution is -0.124. The molecule has 0 saturated carbocycles. The average molecular weight is 359 g/mol. The fourth-order valence-electron chi connectivity index (χ4n) is 2.22. The van der Waals surface area contributed by atoms with Crippen molar-refractivity contribution in [3.8, 4) is 0 Å². The molecule has 0 bridgehead atoms. The molecule has 0 aliphatic carbocycles. The Morgan fingerprint density at radius 1 is 1.16 bits per heavy atom. The summed E-state index contributed by atoms with van der Waals surface area (Å²) >= 11 is 1.23. The lowest BCUT2D eigenvalue weighted by Crippen LogP contribution is -2.26. The van der Waals surface area contributed by atoms with E-state index in [9.17, 15) is 9.59 Å². The topological polar surface area (TPSA) is 110 Å². The zero-order valence-corrected chi connectivity index (χ0v) is 14.2. The minimum absolute atomic E-state index is 0.108. The van der Waals surface area contributed by atoms with E-state index >= 15 is 0 Å². The maximum atomic E-state index is 11.7. The number of carbonyl (C=O) groups excluding carboxylic acids is 2. The Morgan fingerprint density at radius 2 is 2.00 bits per heavy atom. The fraction of sp³-hybridized carbons (Fsp3) is 0.312. The third-order valence-corrected chi connectivity index (χ3v) is 4.02. The highest BCUT2D eigenvalue weighted by Gasteiger charge is 2.09. The molecule has 1 aromatic carbocycles. The third-order valence-electron chi connectivity index (χ3n) is 3.41. The summed E-state index contributed by atoms with van der Waals surface area (Å²) in [7, 11) is 0. The molecule has 8 nitrogen and oxygen atoms in total. The minimum Gasteiger partial charge on any atom is -0.441 e. The highest BCUT2D eigenvalue weighted by atomic mass is 32.1. The van der Waals surface area contributed by atoms with E-state index in [1.807, 2.05) is 24.3 Å². The summed E-state index contributed by atoms with van der Waals surface area (Å²) in [5, 5.41) is 13.1. The summed E-state index contributed by atoms with van der Waals surface area (Å²) in [6, 6.07) is 7.59. The van der Waals surface area contributed by atoms with Gasteiger partial charge in [0.25, 0.3) is 0 Å². The number of hydrogen-bond acceptors (Lipinski definition) is 7. The standard InChI is InChI=1S/C16H17N5O3S/c22-13(7-8-14(23)20-16-21-18-10-25-16)17-9-3-6-15-19-11-4-1-2-5-12(11)24-15/h1-2,4-5,10H,3,6-9H2,(H,17,22)(H,20,21,23). The number of aromatic nitrogens is 3. The molecule has 2 aromatic heterocycles. The molecule has 9 heteroatoms. The van der Waals surface area contributed by atoms with E-state index in [0.717, 1.165) is 17.5 Å². The van der Waals surface area contributed by atoms with E-state index in [2.05, 4.69) is 25.8 Å². The van der Waals surface area contributed by atoms with Crippen LogP contribution >= 0.6 is 11.3 Å². The van der Waals surface area contributed by atoms with Crippen LogP contribution in [0.3, 0.4) is 0 Å². The van der Waals surface area contributed by atoms with E-state index < -0.39 is 0 Å². The number of hydrogen-bond donors (Lipinski definition) is 2. The number of rotatable bonds is 8. The molecule has 25 heavy (non-hydrogen) atoms. The van der Waals surface area contributed by atoms with Crippen LogP contribution in [0.4, 0.5) is 5.13 Å². The van der Waals surface area contributed by atoms with Crippen LogP contribution in [0.2, 0.25) is 0 Å². The summed E-state index contributed by atoms with van der Waals surface area (Å²) in [6.07, 6.45) is 1.60.